The number of aryl methyl sites for hydroxylation is 1. The molecule has 1 atom stereocenters. The second-order valence-corrected chi connectivity index (χ2v) is 7.94. The van der Waals surface area contributed by atoms with Crippen molar-refractivity contribution in [1.82, 2.24) is 10.1 Å². The second kappa shape index (κ2) is 10.3. The van der Waals surface area contributed by atoms with Gasteiger partial charge in [0.1, 0.15) is 5.76 Å². The number of alkyl halides is 3. The fraction of sp³-hybridized carbons (Fsp3) is 0.368. The van der Waals surface area contributed by atoms with Crippen molar-refractivity contribution in [2.45, 2.75) is 25.3 Å². The van der Waals surface area contributed by atoms with Crippen LogP contribution in [0.4, 0.5) is 24.7 Å². The van der Waals surface area contributed by atoms with Crippen molar-refractivity contribution in [1.29, 1.82) is 0 Å². The van der Waals surface area contributed by atoms with E-state index in [0.717, 1.165) is 28.8 Å². The molecule has 1 aromatic carbocycles. The molecular weight excluding hydrogens is 437 g/mol. The predicted octanol–water partition coefficient (Wildman–Crippen LogP) is 3.16. The molecule has 168 valence electrons. The highest BCUT2D eigenvalue weighted by molar-refractivity contribution is 8.01. The van der Waals surface area contributed by atoms with Gasteiger partial charge in [0.2, 0.25) is 17.7 Å². The van der Waals surface area contributed by atoms with Gasteiger partial charge in [-0.25, -0.2) is 0 Å². The predicted molar refractivity (Wildman–Crippen MR) is 110 cm³/mol. The molecule has 0 aliphatic carbocycles. The number of thioether (sulfide) groups is 1. The van der Waals surface area contributed by atoms with Gasteiger partial charge in [0.05, 0.1) is 28.8 Å². The SMILES string of the molecule is Cc1cc(NC(=O)[C@H](C)SCC(=O)N(C)CC(=O)Nc2ccccc2C(F)(F)F)no1. The molecule has 0 spiro atoms. The largest absolute Gasteiger partial charge is 0.418 e. The van der Waals surface area contributed by atoms with Crippen LogP contribution in [0.25, 0.3) is 0 Å². The first-order valence-corrected chi connectivity index (χ1v) is 10.1. The maximum absolute atomic E-state index is 13.0. The lowest BCUT2D eigenvalue weighted by Crippen LogP contribution is -2.37. The van der Waals surface area contributed by atoms with Gasteiger partial charge in [-0.1, -0.05) is 17.3 Å². The Kier molecular flexibility index (Phi) is 8.08. The molecule has 12 heteroatoms. The Balaban J connectivity index is 1.83. The number of amides is 3. The molecule has 1 heterocycles. The molecule has 0 radical (unpaired) electrons. The molecule has 0 aliphatic heterocycles. The topological polar surface area (TPSA) is 105 Å². The Morgan fingerprint density at radius 1 is 1.23 bits per heavy atom. The smallest absolute Gasteiger partial charge is 0.360 e. The quantitative estimate of drug-likeness (QED) is 0.630. The number of nitrogens with one attached hydrogen (secondary N) is 2. The first-order valence-electron chi connectivity index (χ1n) is 9.03. The molecular formula is C19H21F3N4O4S. The van der Waals surface area contributed by atoms with Crippen LogP contribution in [0.1, 0.15) is 18.2 Å². The molecule has 8 nitrogen and oxygen atoms in total. The summed E-state index contributed by atoms with van der Waals surface area (Å²) in [6, 6.07) is 6.11. The third kappa shape index (κ3) is 7.31. The van der Waals surface area contributed by atoms with Crippen molar-refractivity contribution in [2.75, 3.05) is 30.0 Å². The minimum Gasteiger partial charge on any atom is -0.360 e. The monoisotopic (exact) mass is 458 g/mol. The van der Waals surface area contributed by atoms with Gasteiger partial charge in [0.25, 0.3) is 0 Å². The van der Waals surface area contributed by atoms with Crippen molar-refractivity contribution in [2.24, 2.45) is 0 Å². The minimum atomic E-state index is -4.62. The minimum absolute atomic E-state index is 0.102. The molecule has 0 aliphatic rings. The molecule has 2 aromatic rings. The molecule has 1 aromatic heterocycles. The number of hydrogen-bond acceptors (Lipinski definition) is 6. The van der Waals surface area contributed by atoms with E-state index in [1.165, 1.54) is 19.2 Å². The Morgan fingerprint density at radius 3 is 2.52 bits per heavy atom. The Hall–Kier alpha value is -3.02. The third-order valence-electron chi connectivity index (χ3n) is 4.02. The van der Waals surface area contributed by atoms with Crippen molar-refractivity contribution >= 4 is 41.0 Å². The molecule has 2 N–H and O–H groups in total. The zero-order valence-electron chi connectivity index (χ0n) is 16.9. The fourth-order valence-electron chi connectivity index (χ4n) is 2.37. The van der Waals surface area contributed by atoms with Crippen molar-refractivity contribution in [3.05, 3.63) is 41.7 Å². The van der Waals surface area contributed by atoms with Crippen LogP contribution in [-0.2, 0) is 20.6 Å². The summed E-state index contributed by atoms with van der Waals surface area (Å²) in [6.45, 7) is 2.83. The standard InChI is InChI=1S/C19H21F3N4O4S/c1-11-8-15(25-30-11)24-18(29)12(2)31-10-17(28)26(3)9-16(27)23-14-7-5-4-6-13(14)19(20,21)22/h4-8,12H,9-10H2,1-3H3,(H,23,27)(H,24,25,29)/t12-/m0/s1. The Bertz CT molecular complexity index is 948. The summed E-state index contributed by atoms with van der Waals surface area (Å²) >= 11 is 1.04. The van der Waals surface area contributed by atoms with Crippen LogP contribution in [0, 0.1) is 6.92 Å². The number of carbonyl (C=O) groups excluding carboxylic acids is 3. The average molecular weight is 458 g/mol. The van der Waals surface area contributed by atoms with E-state index in [2.05, 4.69) is 15.8 Å². The van der Waals surface area contributed by atoms with Crippen LogP contribution < -0.4 is 10.6 Å². The van der Waals surface area contributed by atoms with Crippen LogP contribution in [0.3, 0.4) is 0 Å². The van der Waals surface area contributed by atoms with E-state index in [1.807, 2.05) is 0 Å². The van der Waals surface area contributed by atoms with Gasteiger partial charge in [0.15, 0.2) is 5.82 Å². The summed E-state index contributed by atoms with van der Waals surface area (Å²) in [5, 5.41) is 7.77. The van der Waals surface area contributed by atoms with Gasteiger partial charge >= 0.3 is 6.18 Å². The number of likely N-dealkylation sites (N-methyl/N-ethyl adjacent to an activating group) is 1. The first kappa shape index (κ1) is 24.3. The zero-order valence-corrected chi connectivity index (χ0v) is 17.8. The summed E-state index contributed by atoms with van der Waals surface area (Å²) < 4.78 is 43.9. The average Bonchev–Trinajstić information content (AvgIpc) is 3.09. The lowest BCUT2D eigenvalue weighted by atomic mass is 10.1. The van der Waals surface area contributed by atoms with Crippen LogP contribution in [0.2, 0.25) is 0 Å². The van der Waals surface area contributed by atoms with Gasteiger partial charge < -0.3 is 20.1 Å². The summed E-state index contributed by atoms with van der Waals surface area (Å²) in [6.07, 6.45) is -4.62. The molecule has 0 saturated carbocycles. The number of anilines is 2. The summed E-state index contributed by atoms with van der Waals surface area (Å²) in [7, 11) is 1.35. The Morgan fingerprint density at radius 2 is 1.90 bits per heavy atom. The lowest BCUT2D eigenvalue weighted by Gasteiger charge is -2.19. The van der Waals surface area contributed by atoms with Crippen molar-refractivity contribution in [3.8, 4) is 0 Å². The summed E-state index contributed by atoms with van der Waals surface area (Å²) in [4.78, 5) is 37.5. The van der Waals surface area contributed by atoms with Crippen LogP contribution in [-0.4, -0.2) is 52.4 Å². The summed E-state index contributed by atoms with van der Waals surface area (Å²) in [5.74, 6) is -0.922. The van der Waals surface area contributed by atoms with Gasteiger partial charge in [-0.2, -0.15) is 13.2 Å². The number of benzene rings is 1. The van der Waals surface area contributed by atoms with Gasteiger partial charge in [0, 0.05) is 13.1 Å². The summed E-state index contributed by atoms with van der Waals surface area (Å²) in [5.41, 5.74) is -1.36. The maximum atomic E-state index is 13.0. The van der Waals surface area contributed by atoms with Gasteiger partial charge in [-0.3, -0.25) is 14.4 Å². The maximum Gasteiger partial charge on any atom is 0.418 e. The zero-order chi connectivity index (χ0) is 23.2. The van der Waals surface area contributed by atoms with E-state index in [4.69, 9.17) is 4.52 Å². The lowest BCUT2D eigenvalue weighted by molar-refractivity contribution is -0.137. The van der Waals surface area contributed by atoms with Crippen molar-refractivity contribution in [3.63, 3.8) is 0 Å². The molecule has 31 heavy (non-hydrogen) atoms. The third-order valence-corrected chi connectivity index (χ3v) is 5.15. The van der Waals surface area contributed by atoms with Gasteiger partial charge in [-0.05, 0) is 26.0 Å². The molecule has 0 saturated heterocycles. The van der Waals surface area contributed by atoms with Gasteiger partial charge in [-0.15, -0.1) is 11.8 Å². The van der Waals surface area contributed by atoms with Crippen LogP contribution in [0.5, 0.6) is 0 Å². The van der Waals surface area contributed by atoms with E-state index in [9.17, 15) is 27.6 Å². The highest BCUT2D eigenvalue weighted by atomic mass is 32.2. The van der Waals surface area contributed by atoms with Crippen LogP contribution in [0.15, 0.2) is 34.9 Å². The molecule has 0 unspecified atom stereocenters. The number of nitrogens with zero attached hydrogens (tertiary/aromatic N) is 2. The number of carbonyl (C=O) groups is 3. The Labute approximate surface area is 180 Å². The highest BCUT2D eigenvalue weighted by Gasteiger charge is 2.33. The number of aromatic nitrogens is 1. The molecule has 0 bridgehead atoms. The van der Waals surface area contributed by atoms with Crippen LogP contribution >= 0.6 is 11.8 Å². The molecule has 2 rings (SSSR count). The van der Waals surface area contributed by atoms with E-state index in [-0.39, 0.29) is 23.2 Å². The molecule has 3 amide bonds. The van der Waals surface area contributed by atoms with E-state index >= 15 is 0 Å². The van der Waals surface area contributed by atoms with E-state index < -0.39 is 35.3 Å². The van der Waals surface area contributed by atoms with E-state index in [0.29, 0.717) is 5.76 Å². The van der Waals surface area contributed by atoms with E-state index in [1.54, 1.807) is 19.9 Å². The number of halogens is 3. The number of para-hydroxylation sites is 1. The normalized spacial score (nSPS) is 12.2. The highest BCUT2D eigenvalue weighted by Crippen LogP contribution is 2.34. The second-order valence-electron chi connectivity index (χ2n) is 6.61. The first-order chi connectivity index (χ1) is 14.5. The fourth-order valence-corrected chi connectivity index (χ4v) is 3.19. The number of rotatable bonds is 8. The molecule has 0 fully saturated rings. The van der Waals surface area contributed by atoms with Crippen molar-refractivity contribution < 1.29 is 32.1 Å². The number of hydrogen-bond donors (Lipinski definition) is 2.